The summed E-state index contributed by atoms with van der Waals surface area (Å²) in [6.45, 7) is 0. The number of aromatic nitrogens is 2. The van der Waals surface area contributed by atoms with Crippen LogP contribution >= 0.6 is 11.6 Å². The number of nitrogens with one attached hydrogen (secondary N) is 1. The number of hydrogen-bond acceptors (Lipinski definition) is 3. The van der Waals surface area contributed by atoms with Crippen molar-refractivity contribution >= 4 is 11.6 Å². The van der Waals surface area contributed by atoms with E-state index in [1.165, 1.54) is 12.1 Å². The average Bonchev–Trinajstić information content (AvgIpc) is 2.76. The molecule has 19 heavy (non-hydrogen) atoms. The largest absolute Gasteiger partial charge is 0.493 e. The maximum Gasteiger partial charge on any atom is 0.161 e. The van der Waals surface area contributed by atoms with Crippen molar-refractivity contribution in [3.05, 3.63) is 46.5 Å². The smallest absolute Gasteiger partial charge is 0.161 e. The first-order chi connectivity index (χ1) is 9.08. The Morgan fingerprint density at radius 1 is 1.47 bits per heavy atom. The average molecular weight is 284 g/mol. The number of benzene rings is 1. The molecule has 0 fully saturated rings. The molecule has 4 nitrogen and oxygen atoms in total. The van der Waals surface area contributed by atoms with Gasteiger partial charge in [-0.25, -0.2) is 4.39 Å². The summed E-state index contributed by atoms with van der Waals surface area (Å²) in [5.74, 6) is 0.272. The molecule has 1 aromatic carbocycles. The zero-order valence-corrected chi connectivity index (χ0v) is 11.7. The molecular formula is C13H15ClFN3O. The van der Waals surface area contributed by atoms with E-state index in [1.54, 1.807) is 38.2 Å². The van der Waals surface area contributed by atoms with E-state index >= 15 is 0 Å². The number of methoxy groups -OCH3 is 1. The standard InChI is InChI=1S/C13H15ClFN3O/c1-16-12(9-6-8(14)4-5-10(9)15)13-11(19-3)7-17-18(13)2/h4-7,12,16H,1-3H3. The normalized spacial score (nSPS) is 12.5. The minimum Gasteiger partial charge on any atom is -0.493 e. The molecule has 1 atom stereocenters. The molecule has 0 saturated carbocycles. The Balaban J connectivity index is 2.56. The van der Waals surface area contributed by atoms with Gasteiger partial charge in [-0.15, -0.1) is 0 Å². The fourth-order valence-electron chi connectivity index (χ4n) is 2.09. The highest BCUT2D eigenvalue weighted by Crippen LogP contribution is 2.31. The van der Waals surface area contributed by atoms with Crippen LogP contribution < -0.4 is 10.1 Å². The molecule has 1 unspecified atom stereocenters. The lowest BCUT2D eigenvalue weighted by Crippen LogP contribution is -2.22. The Hall–Kier alpha value is -1.59. The number of ether oxygens (including phenoxy) is 1. The zero-order chi connectivity index (χ0) is 14.0. The van der Waals surface area contributed by atoms with Crippen molar-refractivity contribution in [2.24, 2.45) is 7.05 Å². The summed E-state index contributed by atoms with van der Waals surface area (Å²) in [7, 11) is 5.09. The van der Waals surface area contributed by atoms with E-state index < -0.39 is 0 Å². The molecule has 0 saturated heterocycles. The van der Waals surface area contributed by atoms with E-state index in [2.05, 4.69) is 10.4 Å². The van der Waals surface area contributed by atoms with Crippen LogP contribution in [0.5, 0.6) is 5.75 Å². The van der Waals surface area contributed by atoms with Crippen LogP contribution in [0.15, 0.2) is 24.4 Å². The van der Waals surface area contributed by atoms with Crippen LogP contribution in [0.2, 0.25) is 5.02 Å². The number of rotatable bonds is 4. The predicted molar refractivity (Wildman–Crippen MR) is 72.1 cm³/mol. The van der Waals surface area contributed by atoms with Crippen molar-refractivity contribution < 1.29 is 9.13 Å². The number of aryl methyl sites for hydroxylation is 1. The molecule has 0 radical (unpaired) electrons. The Labute approximate surface area is 116 Å². The van der Waals surface area contributed by atoms with Crippen molar-refractivity contribution in [3.63, 3.8) is 0 Å². The molecule has 2 aromatic rings. The van der Waals surface area contributed by atoms with Crippen molar-refractivity contribution in [2.45, 2.75) is 6.04 Å². The molecule has 102 valence electrons. The number of nitrogens with zero attached hydrogens (tertiary/aromatic N) is 2. The molecule has 0 amide bonds. The SMILES string of the molecule is CNC(c1cc(Cl)ccc1F)c1c(OC)cnn1C. The molecule has 0 aliphatic carbocycles. The summed E-state index contributed by atoms with van der Waals surface area (Å²) in [5.41, 5.74) is 1.20. The Morgan fingerprint density at radius 2 is 2.21 bits per heavy atom. The van der Waals surface area contributed by atoms with Crippen LogP contribution in [0.25, 0.3) is 0 Å². The molecule has 1 aromatic heterocycles. The predicted octanol–water partition coefficient (Wildman–Crippen LogP) is 2.53. The van der Waals surface area contributed by atoms with Crippen molar-refractivity contribution in [3.8, 4) is 5.75 Å². The first-order valence-corrected chi connectivity index (χ1v) is 6.14. The second-order valence-corrected chi connectivity index (χ2v) is 4.55. The summed E-state index contributed by atoms with van der Waals surface area (Å²) >= 11 is 5.94. The molecule has 0 bridgehead atoms. The fourth-order valence-corrected chi connectivity index (χ4v) is 2.27. The first kappa shape index (κ1) is 13.8. The highest BCUT2D eigenvalue weighted by molar-refractivity contribution is 6.30. The topological polar surface area (TPSA) is 39.1 Å². The van der Waals surface area contributed by atoms with E-state index in [-0.39, 0.29) is 11.9 Å². The monoisotopic (exact) mass is 283 g/mol. The van der Waals surface area contributed by atoms with E-state index in [4.69, 9.17) is 16.3 Å². The van der Waals surface area contributed by atoms with Crippen LogP contribution in [0.1, 0.15) is 17.3 Å². The maximum atomic E-state index is 14.0. The van der Waals surface area contributed by atoms with Gasteiger partial charge in [-0.3, -0.25) is 4.68 Å². The van der Waals surface area contributed by atoms with Crippen LogP contribution in [-0.2, 0) is 7.05 Å². The molecule has 1 N–H and O–H groups in total. The van der Waals surface area contributed by atoms with Gasteiger partial charge in [0, 0.05) is 17.6 Å². The van der Waals surface area contributed by atoms with Crippen LogP contribution in [-0.4, -0.2) is 23.9 Å². The Kier molecular flexibility index (Phi) is 4.07. The van der Waals surface area contributed by atoms with Gasteiger partial charge in [-0.1, -0.05) is 11.6 Å². The van der Waals surface area contributed by atoms with Gasteiger partial charge in [0.2, 0.25) is 0 Å². The lowest BCUT2D eigenvalue weighted by atomic mass is 10.0. The van der Waals surface area contributed by atoms with Gasteiger partial charge >= 0.3 is 0 Å². The van der Waals surface area contributed by atoms with Gasteiger partial charge in [0.25, 0.3) is 0 Å². The highest BCUT2D eigenvalue weighted by atomic mass is 35.5. The minimum absolute atomic E-state index is 0.327. The van der Waals surface area contributed by atoms with E-state index in [9.17, 15) is 4.39 Å². The molecular weight excluding hydrogens is 269 g/mol. The van der Waals surface area contributed by atoms with Gasteiger partial charge < -0.3 is 10.1 Å². The summed E-state index contributed by atoms with van der Waals surface area (Å²) < 4.78 is 20.9. The molecule has 0 spiro atoms. The van der Waals surface area contributed by atoms with Crippen LogP contribution in [0.3, 0.4) is 0 Å². The first-order valence-electron chi connectivity index (χ1n) is 5.76. The molecule has 6 heteroatoms. The van der Waals surface area contributed by atoms with Crippen LogP contribution in [0, 0.1) is 5.82 Å². The lowest BCUT2D eigenvalue weighted by Gasteiger charge is -2.19. The van der Waals surface area contributed by atoms with Crippen molar-refractivity contribution in [2.75, 3.05) is 14.2 Å². The van der Waals surface area contributed by atoms with Gasteiger partial charge in [0.1, 0.15) is 11.5 Å². The Morgan fingerprint density at radius 3 is 2.84 bits per heavy atom. The Bertz CT molecular complexity index is 585. The summed E-state index contributed by atoms with van der Waals surface area (Å²) in [6.07, 6.45) is 1.60. The third kappa shape index (κ3) is 2.57. The fraction of sp³-hybridized carbons (Fsp3) is 0.308. The van der Waals surface area contributed by atoms with Gasteiger partial charge in [0.15, 0.2) is 5.75 Å². The summed E-state index contributed by atoms with van der Waals surface area (Å²) in [5, 5.41) is 7.68. The van der Waals surface area contributed by atoms with Gasteiger partial charge in [-0.05, 0) is 25.2 Å². The second-order valence-electron chi connectivity index (χ2n) is 4.11. The highest BCUT2D eigenvalue weighted by Gasteiger charge is 2.23. The van der Waals surface area contributed by atoms with Gasteiger partial charge in [0.05, 0.1) is 19.3 Å². The van der Waals surface area contributed by atoms with Crippen molar-refractivity contribution in [1.82, 2.24) is 15.1 Å². The molecule has 2 rings (SSSR count). The van der Waals surface area contributed by atoms with E-state index in [0.29, 0.717) is 16.3 Å². The second kappa shape index (κ2) is 5.59. The summed E-state index contributed by atoms with van der Waals surface area (Å²) in [4.78, 5) is 0. The summed E-state index contributed by atoms with van der Waals surface area (Å²) in [6, 6.07) is 4.09. The third-order valence-electron chi connectivity index (χ3n) is 3.00. The van der Waals surface area contributed by atoms with Gasteiger partial charge in [-0.2, -0.15) is 5.10 Å². The number of hydrogen-bond donors (Lipinski definition) is 1. The maximum absolute atomic E-state index is 14.0. The van der Waals surface area contributed by atoms with E-state index in [1.807, 2.05) is 0 Å². The molecule has 0 aliphatic heterocycles. The van der Waals surface area contributed by atoms with Crippen LogP contribution in [0.4, 0.5) is 4.39 Å². The molecule has 1 heterocycles. The number of halogens is 2. The molecule has 0 aliphatic rings. The lowest BCUT2D eigenvalue weighted by molar-refractivity contribution is 0.401. The van der Waals surface area contributed by atoms with Crippen molar-refractivity contribution in [1.29, 1.82) is 0 Å². The van der Waals surface area contributed by atoms with E-state index in [0.717, 1.165) is 5.69 Å². The quantitative estimate of drug-likeness (QED) is 0.937. The third-order valence-corrected chi connectivity index (χ3v) is 3.24. The minimum atomic E-state index is -0.388. The zero-order valence-electron chi connectivity index (χ0n) is 10.9.